The maximum atomic E-state index is 12.7. The molecule has 0 spiro atoms. The Balaban J connectivity index is 1.89. The van der Waals surface area contributed by atoms with Gasteiger partial charge in [0, 0.05) is 11.8 Å². The normalized spacial score (nSPS) is 11.7. The molecule has 0 aliphatic rings. The van der Waals surface area contributed by atoms with Crippen LogP contribution in [0, 0.1) is 0 Å². The highest BCUT2D eigenvalue weighted by Gasteiger charge is 2.29. The van der Waals surface area contributed by atoms with E-state index in [0.29, 0.717) is 22.3 Å². The lowest BCUT2D eigenvalue weighted by Crippen LogP contribution is -2.19. The van der Waals surface area contributed by atoms with Gasteiger partial charge in [-0.05, 0) is 36.4 Å². The highest BCUT2D eigenvalue weighted by molar-refractivity contribution is 7.91. The highest BCUT2D eigenvalue weighted by Crippen LogP contribution is 2.33. The minimum absolute atomic E-state index is 0.00378. The van der Waals surface area contributed by atoms with Crippen LogP contribution in [0.3, 0.4) is 0 Å². The van der Waals surface area contributed by atoms with E-state index in [-0.39, 0.29) is 27.9 Å². The smallest absolute Gasteiger partial charge is 0.422 e. The van der Waals surface area contributed by atoms with Crippen LogP contribution in [-0.4, -0.2) is 44.0 Å². The van der Waals surface area contributed by atoms with Gasteiger partial charge in [-0.1, -0.05) is 18.5 Å². The summed E-state index contributed by atoms with van der Waals surface area (Å²) in [5, 5.41) is 6.20. The van der Waals surface area contributed by atoms with E-state index in [1.807, 2.05) is 0 Å². The molecule has 2 N–H and O–H groups in total. The fourth-order valence-electron chi connectivity index (χ4n) is 2.78. The zero-order chi connectivity index (χ0) is 24.9. The van der Waals surface area contributed by atoms with Gasteiger partial charge < -0.3 is 20.1 Å². The number of nitrogens with zero attached hydrogens (tertiary/aromatic N) is 2. The fourth-order valence-corrected chi connectivity index (χ4v) is 3.94. The van der Waals surface area contributed by atoms with Gasteiger partial charge in [0.2, 0.25) is 0 Å². The molecule has 0 atom stereocenters. The first-order chi connectivity index (χ1) is 16.0. The van der Waals surface area contributed by atoms with Gasteiger partial charge in [0.1, 0.15) is 29.5 Å². The zero-order valence-corrected chi connectivity index (χ0v) is 19.6. The number of ether oxygens (including phenoxy) is 2. The number of rotatable bonds is 9. The quantitative estimate of drug-likeness (QED) is 0.392. The fraction of sp³-hybridized carbons (Fsp3) is 0.238. The molecular formula is C21H20ClF3N4O4S. The Hall–Kier alpha value is -3.25. The van der Waals surface area contributed by atoms with E-state index in [9.17, 15) is 21.6 Å². The van der Waals surface area contributed by atoms with Crippen LogP contribution in [0.1, 0.15) is 6.92 Å². The van der Waals surface area contributed by atoms with Crippen molar-refractivity contribution >= 4 is 44.4 Å². The first-order valence-electron chi connectivity index (χ1n) is 9.76. The number of halogens is 4. The van der Waals surface area contributed by atoms with E-state index in [2.05, 4.69) is 20.6 Å². The second-order valence-corrected chi connectivity index (χ2v) is 9.54. The summed E-state index contributed by atoms with van der Waals surface area (Å²) in [5.41, 5.74) is 0.594. The lowest BCUT2D eigenvalue weighted by molar-refractivity contribution is -0.153. The standard InChI is InChI=1S/C21H20ClF3N4O4S/c1-3-34(30,31)14-5-7-18(33-11-21(23,24)25)16(9-14)29-20-10-19(26-12-27-20)28-13-4-6-17(32-2)15(22)8-13/h4-10,12H,3,11H2,1-2H3,(H2,26,27,28,29). The van der Waals surface area contributed by atoms with Crippen LogP contribution >= 0.6 is 11.6 Å². The molecule has 3 rings (SSSR count). The van der Waals surface area contributed by atoms with Gasteiger partial charge in [0.15, 0.2) is 16.4 Å². The van der Waals surface area contributed by atoms with E-state index in [1.54, 1.807) is 18.2 Å². The summed E-state index contributed by atoms with van der Waals surface area (Å²) in [6.07, 6.45) is -3.35. The SMILES string of the molecule is CCS(=O)(=O)c1ccc(OCC(F)(F)F)c(Nc2cc(Nc3ccc(OC)c(Cl)c3)ncn2)c1. The molecule has 0 fully saturated rings. The Bertz CT molecular complexity index is 1270. The summed E-state index contributed by atoms with van der Waals surface area (Å²) >= 11 is 6.12. The molecular weight excluding hydrogens is 497 g/mol. The van der Waals surface area contributed by atoms with Crippen molar-refractivity contribution in [3.05, 3.63) is 53.8 Å². The number of benzene rings is 2. The van der Waals surface area contributed by atoms with Gasteiger partial charge in [0.25, 0.3) is 0 Å². The second kappa shape index (κ2) is 10.3. The molecule has 0 radical (unpaired) electrons. The van der Waals surface area contributed by atoms with Crippen molar-refractivity contribution < 1.29 is 31.1 Å². The number of nitrogens with one attached hydrogen (secondary N) is 2. The first kappa shape index (κ1) is 25.4. The number of anilines is 4. The van der Waals surface area contributed by atoms with Crippen molar-refractivity contribution in [3.8, 4) is 11.5 Å². The molecule has 0 unspecified atom stereocenters. The number of hydrogen-bond donors (Lipinski definition) is 2. The van der Waals surface area contributed by atoms with E-state index >= 15 is 0 Å². The van der Waals surface area contributed by atoms with Gasteiger partial charge in [0.05, 0.1) is 28.5 Å². The molecule has 2 aromatic carbocycles. The molecule has 1 aromatic heterocycles. The van der Waals surface area contributed by atoms with E-state index < -0.39 is 22.6 Å². The van der Waals surface area contributed by atoms with Crippen LogP contribution in [0.15, 0.2) is 53.7 Å². The Morgan fingerprint density at radius 2 is 1.68 bits per heavy atom. The number of alkyl halides is 3. The first-order valence-corrected chi connectivity index (χ1v) is 11.8. The average molecular weight is 517 g/mol. The molecule has 182 valence electrons. The molecule has 1 heterocycles. The number of aromatic nitrogens is 2. The van der Waals surface area contributed by atoms with Crippen molar-refractivity contribution in [2.24, 2.45) is 0 Å². The van der Waals surface area contributed by atoms with Gasteiger partial charge in [-0.25, -0.2) is 18.4 Å². The Morgan fingerprint density at radius 3 is 2.29 bits per heavy atom. The number of methoxy groups -OCH3 is 1. The van der Waals surface area contributed by atoms with Gasteiger partial charge in [-0.2, -0.15) is 13.2 Å². The molecule has 0 saturated carbocycles. The minimum Gasteiger partial charge on any atom is -0.495 e. The van der Waals surface area contributed by atoms with Crippen LogP contribution < -0.4 is 20.1 Å². The topological polar surface area (TPSA) is 102 Å². The van der Waals surface area contributed by atoms with Crippen molar-refractivity contribution in [1.82, 2.24) is 9.97 Å². The Kier molecular flexibility index (Phi) is 7.72. The van der Waals surface area contributed by atoms with Crippen LogP contribution in [0.4, 0.5) is 36.2 Å². The molecule has 8 nitrogen and oxygen atoms in total. The van der Waals surface area contributed by atoms with Crippen LogP contribution in [0.5, 0.6) is 11.5 Å². The number of sulfone groups is 1. The molecule has 3 aromatic rings. The summed E-state index contributed by atoms with van der Waals surface area (Å²) in [5.74, 6) is 0.642. The predicted octanol–water partition coefficient (Wildman–Crippen LogP) is 5.36. The third-order valence-corrected chi connectivity index (χ3v) is 6.46. The molecule has 0 aliphatic carbocycles. The van der Waals surface area contributed by atoms with E-state index in [4.69, 9.17) is 21.1 Å². The van der Waals surface area contributed by atoms with Gasteiger partial charge >= 0.3 is 6.18 Å². The maximum absolute atomic E-state index is 12.7. The average Bonchev–Trinajstić information content (AvgIpc) is 2.78. The summed E-state index contributed by atoms with van der Waals surface area (Å²) < 4.78 is 72.5. The molecule has 34 heavy (non-hydrogen) atoms. The third-order valence-electron chi connectivity index (χ3n) is 4.44. The highest BCUT2D eigenvalue weighted by atomic mass is 35.5. The summed E-state index contributed by atoms with van der Waals surface area (Å²) in [6, 6.07) is 10.0. The van der Waals surface area contributed by atoms with Crippen LogP contribution in [0.25, 0.3) is 0 Å². The summed E-state index contributed by atoms with van der Waals surface area (Å²) in [4.78, 5) is 8.07. The third kappa shape index (κ3) is 6.64. The maximum Gasteiger partial charge on any atom is 0.422 e. The zero-order valence-electron chi connectivity index (χ0n) is 18.0. The van der Waals surface area contributed by atoms with E-state index in [1.165, 1.54) is 38.6 Å². The Morgan fingerprint density at radius 1 is 1.00 bits per heavy atom. The lowest BCUT2D eigenvalue weighted by atomic mass is 10.3. The van der Waals surface area contributed by atoms with Gasteiger partial charge in [-0.3, -0.25) is 0 Å². The van der Waals surface area contributed by atoms with Crippen molar-refractivity contribution in [1.29, 1.82) is 0 Å². The van der Waals surface area contributed by atoms with Crippen molar-refractivity contribution in [2.45, 2.75) is 18.0 Å². The summed E-state index contributed by atoms with van der Waals surface area (Å²) in [6.45, 7) is -0.0827. The predicted molar refractivity (Wildman–Crippen MR) is 122 cm³/mol. The van der Waals surface area contributed by atoms with Crippen LogP contribution in [0.2, 0.25) is 5.02 Å². The molecule has 0 amide bonds. The molecule has 13 heteroatoms. The lowest BCUT2D eigenvalue weighted by Gasteiger charge is -2.16. The second-order valence-electron chi connectivity index (χ2n) is 6.85. The minimum atomic E-state index is -4.57. The number of hydrogen-bond acceptors (Lipinski definition) is 8. The van der Waals surface area contributed by atoms with Crippen molar-refractivity contribution in [2.75, 3.05) is 30.1 Å². The van der Waals surface area contributed by atoms with Gasteiger partial charge in [-0.15, -0.1) is 0 Å². The molecule has 0 bridgehead atoms. The van der Waals surface area contributed by atoms with E-state index in [0.717, 1.165) is 6.07 Å². The molecule has 0 saturated heterocycles. The molecule has 0 aliphatic heterocycles. The van der Waals surface area contributed by atoms with Crippen molar-refractivity contribution in [3.63, 3.8) is 0 Å². The Labute approximate surface area is 199 Å². The monoisotopic (exact) mass is 516 g/mol. The summed E-state index contributed by atoms with van der Waals surface area (Å²) in [7, 11) is -2.13. The van der Waals surface area contributed by atoms with Crippen LogP contribution in [-0.2, 0) is 9.84 Å². The largest absolute Gasteiger partial charge is 0.495 e.